The van der Waals surface area contributed by atoms with Gasteiger partial charge in [-0.2, -0.15) is 0 Å². The summed E-state index contributed by atoms with van der Waals surface area (Å²) in [6.45, 7) is 4.35. The number of fused-ring (bicyclic) bond motifs is 1. The molecule has 0 aromatic rings. The first-order valence-corrected chi connectivity index (χ1v) is 6.76. The lowest BCUT2D eigenvalue weighted by Crippen LogP contribution is -2.36. The van der Waals surface area contributed by atoms with Gasteiger partial charge in [-0.15, -0.1) is 0 Å². The highest BCUT2D eigenvalue weighted by atomic mass is 16.4. The number of allylic oxidation sites excluding steroid dienone is 3. The van der Waals surface area contributed by atoms with Crippen molar-refractivity contribution in [3.63, 3.8) is 0 Å². The summed E-state index contributed by atoms with van der Waals surface area (Å²) in [5.41, 5.74) is 1.95. The normalized spacial score (nSPS) is 33.2. The molecular formula is C15H22O3. The summed E-state index contributed by atoms with van der Waals surface area (Å²) >= 11 is 0. The minimum Gasteiger partial charge on any atom is -0.478 e. The van der Waals surface area contributed by atoms with Crippen LogP contribution < -0.4 is 0 Å². The van der Waals surface area contributed by atoms with Gasteiger partial charge >= 0.3 is 5.97 Å². The van der Waals surface area contributed by atoms with E-state index in [4.69, 9.17) is 0 Å². The van der Waals surface area contributed by atoms with E-state index in [0.717, 1.165) is 19.3 Å². The first-order valence-electron chi connectivity index (χ1n) is 6.76. The minimum atomic E-state index is -0.770. The zero-order valence-corrected chi connectivity index (χ0v) is 11.1. The maximum Gasteiger partial charge on any atom is 0.331 e. The van der Waals surface area contributed by atoms with Crippen molar-refractivity contribution in [1.82, 2.24) is 0 Å². The van der Waals surface area contributed by atoms with Crippen LogP contribution in [0, 0.1) is 23.7 Å². The number of carboxylic acid groups (broad SMARTS) is 1. The number of aliphatic carboxylic acids is 1. The molecule has 0 amide bonds. The van der Waals surface area contributed by atoms with E-state index < -0.39 is 5.97 Å². The van der Waals surface area contributed by atoms with Crippen LogP contribution in [0.15, 0.2) is 23.3 Å². The third-order valence-corrected chi connectivity index (χ3v) is 4.56. The minimum absolute atomic E-state index is 0.138. The smallest absolute Gasteiger partial charge is 0.331 e. The Balaban J connectivity index is 2.32. The highest BCUT2D eigenvalue weighted by Crippen LogP contribution is 2.45. The van der Waals surface area contributed by atoms with Crippen molar-refractivity contribution in [2.75, 3.05) is 6.61 Å². The second-order valence-corrected chi connectivity index (χ2v) is 5.76. The van der Waals surface area contributed by atoms with E-state index in [2.05, 4.69) is 19.9 Å². The second-order valence-electron chi connectivity index (χ2n) is 5.76. The molecule has 18 heavy (non-hydrogen) atoms. The first kappa shape index (κ1) is 13.3. The van der Waals surface area contributed by atoms with E-state index in [0.29, 0.717) is 11.5 Å². The van der Waals surface area contributed by atoms with Gasteiger partial charge in [-0.25, -0.2) is 4.79 Å². The summed E-state index contributed by atoms with van der Waals surface area (Å²) in [6.07, 6.45) is 6.83. The number of carbonyl (C=O) groups is 1. The Morgan fingerprint density at radius 3 is 2.89 bits per heavy atom. The molecule has 2 aliphatic carbocycles. The predicted molar refractivity (Wildman–Crippen MR) is 70.0 cm³/mol. The molecule has 0 aliphatic heterocycles. The molecule has 0 fully saturated rings. The molecule has 3 nitrogen and oxygen atoms in total. The van der Waals surface area contributed by atoms with Crippen molar-refractivity contribution in [3.05, 3.63) is 23.3 Å². The van der Waals surface area contributed by atoms with Gasteiger partial charge in [0, 0.05) is 12.2 Å². The topological polar surface area (TPSA) is 57.5 Å². The lowest BCUT2D eigenvalue weighted by molar-refractivity contribution is -0.133. The van der Waals surface area contributed by atoms with Gasteiger partial charge in [0.05, 0.1) is 0 Å². The van der Waals surface area contributed by atoms with E-state index >= 15 is 0 Å². The molecule has 4 atom stereocenters. The molecule has 2 N–H and O–H groups in total. The van der Waals surface area contributed by atoms with Gasteiger partial charge in [-0.05, 0) is 49.9 Å². The second kappa shape index (κ2) is 5.27. The fourth-order valence-corrected chi connectivity index (χ4v) is 3.45. The number of hydrogen-bond donors (Lipinski definition) is 2. The Labute approximate surface area is 108 Å². The van der Waals surface area contributed by atoms with Gasteiger partial charge < -0.3 is 10.2 Å². The van der Waals surface area contributed by atoms with Gasteiger partial charge in [-0.1, -0.05) is 24.6 Å². The molecule has 0 heterocycles. The van der Waals surface area contributed by atoms with Crippen LogP contribution >= 0.6 is 0 Å². The molecule has 100 valence electrons. The van der Waals surface area contributed by atoms with Gasteiger partial charge in [-0.3, -0.25) is 0 Å². The monoisotopic (exact) mass is 250 g/mol. The zero-order chi connectivity index (χ0) is 13.3. The fraction of sp³-hybridized carbons (Fsp3) is 0.667. The van der Waals surface area contributed by atoms with E-state index in [1.54, 1.807) is 0 Å². The molecule has 2 aliphatic rings. The molecule has 0 unspecified atom stereocenters. The van der Waals surface area contributed by atoms with Crippen molar-refractivity contribution >= 4 is 5.97 Å². The molecule has 2 rings (SSSR count). The number of carboxylic acids is 1. The summed E-state index contributed by atoms with van der Waals surface area (Å²) in [7, 11) is 0. The Bertz CT molecular complexity index is 395. The summed E-state index contributed by atoms with van der Waals surface area (Å²) in [5, 5.41) is 18.6. The standard InChI is InChI=1S/C15H22O3/c1-9-3-4-12-13(15(17)18)6-5-11(10(2)8-16)14(12)7-9/h6-7,10-12,14,16H,3-5,8H2,1-2H3,(H,17,18)/t10-,11+,12-,14+/m0/s1. The fourth-order valence-electron chi connectivity index (χ4n) is 3.45. The van der Waals surface area contributed by atoms with E-state index in [1.165, 1.54) is 5.57 Å². The largest absolute Gasteiger partial charge is 0.478 e. The molecular weight excluding hydrogens is 228 g/mol. The van der Waals surface area contributed by atoms with Crippen molar-refractivity contribution < 1.29 is 15.0 Å². The Morgan fingerprint density at radius 1 is 1.56 bits per heavy atom. The molecule has 0 aromatic carbocycles. The van der Waals surface area contributed by atoms with Crippen LogP contribution in [0.5, 0.6) is 0 Å². The van der Waals surface area contributed by atoms with Crippen LogP contribution in [0.3, 0.4) is 0 Å². The van der Waals surface area contributed by atoms with Gasteiger partial charge in [0.1, 0.15) is 0 Å². The summed E-state index contributed by atoms with van der Waals surface area (Å²) in [4.78, 5) is 11.3. The van der Waals surface area contributed by atoms with Crippen LogP contribution in [-0.2, 0) is 4.79 Å². The van der Waals surface area contributed by atoms with Crippen molar-refractivity contribution in [2.45, 2.75) is 33.1 Å². The van der Waals surface area contributed by atoms with Crippen LogP contribution in [0.25, 0.3) is 0 Å². The quantitative estimate of drug-likeness (QED) is 0.757. The number of hydrogen-bond acceptors (Lipinski definition) is 2. The lowest BCUT2D eigenvalue weighted by Gasteiger charge is -2.41. The molecule has 0 saturated heterocycles. The van der Waals surface area contributed by atoms with Crippen molar-refractivity contribution in [2.24, 2.45) is 23.7 Å². The van der Waals surface area contributed by atoms with Gasteiger partial charge in [0.25, 0.3) is 0 Å². The number of rotatable bonds is 3. The van der Waals surface area contributed by atoms with Crippen molar-refractivity contribution in [3.8, 4) is 0 Å². The Hall–Kier alpha value is -1.09. The van der Waals surface area contributed by atoms with E-state index in [1.807, 2.05) is 6.08 Å². The van der Waals surface area contributed by atoms with Gasteiger partial charge in [0.2, 0.25) is 0 Å². The Morgan fingerprint density at radius 2 is 2.28 bits per heavy atom. The third-order valence-electron chi connectivity index (χ3n) is 4.56. The summed E-state index contributed by atoms with van der Waals surface area (Å²) in [6, 6.07) is 0. The lowest BCUT2D eigenvalue weighted by atomic mass is 9.63. The van der Waals surface area contributed by atoms with Crippen LogP contribution in [0.4, 0.5) is 0 Å². The van der Waals surface area contributed by atoms with Crippen LogP contribution in [0.2, 0.25) is 0 Å². The maximum atomic E-state index is 11.3. The van der Waals surface area contributed by atoms with E-state index in [-0.39, 0.29) is 24.4 Å². The van der Waals surface area contributed by atoms with E-state index in [9.17, 15) is 15.0 Å². The maximum absolute atomic E-state index is 11.3. The average Bonchev–Trinajstić information content (AvgIpc) is 2.36. The summed E-state index contributed by atoms with van der Waals surface area (Å²) in [5.74, 6) is 0.258. The average molecular weight is 250 g/mol. The molecule has 3 heteroatoms. The zero-order valence-electron chi connectivity index (χ0n) is 11.1. The highest BCUT2D eigenvalue weighted by Gasteiger charge is 2.39. The van der Waals surface area contributed by atoms with Crippen molar-refractivity contribution in [1.29, 1.82) is 0 Å². The number of aliphatic hydroxyl groups excluding tert-OH is 1. The molecule has 0 bridgehead atoms. The SMILES string of the molecule is CC1=C[C@@H]2[C@@H]([C@@H](C)CO)CC=C(C(=O)O)[C@@H]2CC1. The van der Waals surface area contributed by atoms with Crippen LogP contribution in [0.1, 0.15) is 33.1 Å². The molecule has 0 saturated carbocycles. The highest BCUT2D eigenvalue weighted by molar-refractivity contribution is 5.87. The molecule has 0 aromatic heterocycles. The Kier molecular flexibility index (Phi) is 3.91. The summed E-state index contributed by atoms with van der Waals surface area (Å²) < 4.78 is 0. The number of aliphatic hydroxyl groups is 1. The third kappa shape index (κ3) is 2.37. The van der Waals surface area contributed by atoms with Crippen LogP contribution in [-0.4, -0.2) is 22.8 Å². The first-order chi connectivity index (χ1) is 8.54. The molecule has 0 radical (unpaired) electrons. The molecule has 0 spiro atoms. The predicted octanol–water partition coefficient (Wildman–Crippen LogP) is 2.62. The van der Waals surface area contributed by atoms with Gasteiger partial charge in [0.15, 0.2) is 0 Å².